The minimum Gasteiger partial charge on any atom is -0.324 e. The molecule has 1 atom stereocenters. The first-order chi connectivity index (χ1) is 5.74. The van der Waals surface area contributed by atoms with Crippen molar-refractivity contribution in [3.63, 3.8) is 0 Å². The van der Waals surface area contributed by atoms with E-state index in [4.69, 9.17) is 5.73 Å². The fraction of sp³-hybridized carbons (Fsp3) is 0.200. The van der Waals surface area contributed by atoms with Gasteiger partial charge in [-0.2, -0.15) is 0 Å². The topological polar surface area (TPSA) is 26.0 Å². The van der Waals surface area contributed by atoms with Crippen LogP contribution in [0, 0.1) is 0 Å². The summed E-state index contributed by atoms with van der Waals surface area (Å²) in [6.07, 6.45) is 2.63. The van der Waals surface area contributed by atoms with E-state index in [0.717, 1.165) is 16.9 Å². The molecular formula is C10H13NS. The van der Waals surface area contributed by atoms with Gasteiger partial charge in [0.05, 0.1) is 0 Å². The molecule has 1 nitrogen and oxygen atoms in total. The first-order valence-electron chi connectivity index (χ1n) is 3.89. The van der Waals surface area contributed by atoms with Gasteiger partial charge in [0.2, 0.25) is 0 Å². The summed E-state index contributed by atoms with van der Waals surface area (Å²) in [5.74, 6) is 0. The summed E-state index contributed by atoms with van der Waals surface area (Å²) in [7, 11) is 0. The lowest BCUT2D eigenvalue weighted by atomic mass is 10.1. The van der Waals surface area contributed by atoms with Gasteiger partial charge in [0.15, 0.2) is 0 Å². The summed E-state index contributed by atoms with van der Waals surface area (Å²) in [5, 5.41) is 0. The van der Waals surface area contributed by atoms with E-state index in [-0.39, 0.29) is 6.04 Å². The summed E-state index contributed by atoms with van der Waals surface area (Å²) >= 11 is 4.24. The summed E-state index contributed by atoms with van der Waals surface area (Å²) in [6.45, 7) is 3.65. The number of hydrogen-bond donors (Lipinski definition) is 2. The molecule has 1 unspecified atom stereocenters. The molecule has 1 aromatic carbocycles. The van der Waals surface area contributed by atoms with Gasteiger partial charge in [-0.15, -0.1) is 19.2 Å². The van der Waals surface area contributed by atoms with Crippen LogP contribution in [-0.2, 0) is 0 Å². The summed E-state index contributed by atoms with van der Waals surface area (Å²) in [5.41, 5.74) is 6.98. The van der Waals surface area contributed by atoms with Crippen LogP contribution in [0.4, 0.5) is 0 Å². The second-order valence-corrected chi connectivity index (χ2v) is 3.24. The van der Waals surface area contributed by atoms with E-state index >= 15 is 0 Å². The fourth-order valence-electron chi connectivity index (χ4n) is 1.07. The molecule has 0 heterocycles. The van der Waals surface area contributed by atoms with Gasteiger partial charge in [-0.25, -0.2) is 0 Å². The molecule has 0 aliphatic carbocycles. The van der Waals surface area contributed by atoms with E-state index in [9.17, 15) is 0 Å². The van der Waals surface area contributed by atoms with E-state index in [1.54, 1.807) is 0 Å². The van der Waals surface area contributed by atoms with Crippen molar-refractivity contribution in [1.29, 1.82) is 0 Å². The van der Waals surface area contributed by atoms with E-state index in [1.165, 1.54) is 0 Å². The average Bonchev–Trinajstić information content (AvgIpc) is 2.05. The Bertz CT molecular complexity index is 270. The molecule has 0 saturated heterocycles. The minimum absolute atomic E-state index is 0.0506. The van der Waals surface area contributed by atoms with Crippen molar-refractivity contribution in [3.05, 3.63) is 42.5 Å². The van der Waals surface area contributed by atoms with E-state index < -0.39 is 0 Å². The highest BCUT2D eigenvalue weighted by atomic mass is 32.1. The van der Waals surface area contributed by atoms with Crippen LogP contribution in [0.1, 0.15) is 18.0 Å². The lowest BCUT2D eigenvalue weighted by Gasteiger charge is -2.09. The maximum Gasteiger partial charge on any atom is 0.0330 e. The molecule has 12 heavy (non-hydrogen) atoms. The van der Waals surface area contributed by atoms with Gasteiger partial charge < -0.3 is 5.73 Å². The van der Waals surface area contributed by atoms with Crippen molar-refractivity contribution in [2.24, 2.45) is 5.73 Å². The summed E-state index contributed by atoms with van der Waals surface area (Å²) in [6, 6.07) is 7.94. The van der Waals surface area contributed by atoms with E-state index in [2.05, 4.69) is 19.2 Å². The molecule has 2 heteroatoms. The predicted octanol–water partition coefficient (Wildman–Crippen LogP) is 2.55. The molecule has 1 aromatic rings. The lowest BCUT2D eigenvalue weighted by Crippen LogP contribution is -2.08. The highest BCUT2D eigenvalue weighted by molar-refractivity contribution is 7.80. The predicted molar refractivity (Wildman–Crippen MR) is 55.4 cm³/mol. The number of rotatable bonds is 3. The first-order valence-corrected chi connectivity index (χ1v) is 4.34. The quantitative estimate of drug-likeness (QED) is 0.541. The van der Waals surface area contributed by atoms with Crippen LogP contribution in [0.2, 0.25) is 0 Å². The Morgan fingerprint density at radius 1 is 1.58 bits per heavy atom. The van der Waals surface area contributed by atoms with E-state index in [0.29, 0.717) is 0 Å². The lowest BCUT2D eigenvalue weighted by molar-refractivity contribution is 0.739. The Hall–Kier alpha value is -0.730. The van der Waals surface area contributed by atoms with Crippen LogP contribution in [0.5, 0.6) is 0 Å². The second kappa shape index (κ2) is 4.33. The molecule has 64 valence electrons. The molecule has 0 fully saturated rings. The van der Waals surface area contributed by atoms with Crippen molar-refractivity contribution in [3.8, 4) is 0 Å². The monoisotopic (exact) mass is 179 g/mol. The Labute approximate surface area is 78.7 Å². The number of thiol groups is 1. The van der Waals surface area contributed by atoms with E-state index in [1.807, 2.05) is 30.3 Å². The summed E-state index contributed by atoms with van der Waals surface area (Å²) in [4.78, 5) is 0.951. The Morgan fingerprint density at radius 2 is 2.33 bits per heavy atom. The van der Waals surface area contributed by atoms with Crippen molar-refractivity contribution < 1.29 is 0 Å². The smallest absolute Gasteiger partial charge is 0.0330 e. The van der Waals surface area contributed by atoms with Crippen LogP contribution in [-0.4, -0.2) is 0 Å². The Kier molecular flexibility index (Phi) is 3.38. The highest BCUT2D eigenvalue weighted by Gasteiger charge is 2.02. The average molecular weight is 179 g/mol. The summed E-state index contributed by atoms with van der Waals surface area (Å²) < 4.78 is 0. The molecule has 0 bridgehead atoms. The third-order valence-corrected chi connectivity index (χ3v) is 2.00. The Morgan fingerprint density at radius 3 is 2.92 bits per heavy atom. The largest absolute Gasteiger partial charge is 0.324 e. The van der Waals surface area contributed by atoms with Crippen LogP contribution < -0.4 is 5.73 Å². The molecule has 2 N–H and O–H groups in total. The van der Waals surface area contributed by atoms with Gasteiger partial charge >= 0.3 is 0 Å². The maximum atomic E-state index is 5.87. The van der Waals surface area contributed by atoms with Crippen LogP contribution in [0.3, 0.4) is 0 Å². The van der Waals surface area contributed by atoms with Gasteiger partial charge in [-0.3, -0.25) is 0 Å². The molecule has 0 aliphatic rings. The van der Waals surface area contributed by atoms with Gasteiger partial charge in [-0.1, -0.05) is 18.2 Å². The molecule has 0 aliphatic heterocycles. The third kappa shape index (κ3) is 2.40. The van der Waals surface area contributed by atoms with Gasteiger partial charge in [-0.05, 0) is 24.1 Å². The van der Waals surface area contributed by atoms with Crippen molar-refractivity contribution in [2.75, 3.05) is 0 Å². The minimum atomic E-state index is 0.0506. The SMILES string of the molecule is C=CCC(N)c1cccc(S)c1. The number of hydrogen-bond acceptors (Lipinski definition) is 2. The molecule has 0 saturated carbocycles. The van der Waals surface area contributed by atoms with Crippen LogP contribution in [0.25, 0.3) is 0 Å². The van der Waals surface area contributed by atoms with Crippen LogP contribution in [0.15, 0.2) is 41.8 Å². The van der Waals surface area contributed by atoms with Crippen molar-refractivity contribution in [1.82, 2.24) is 0 Å². The van der Waals surface area contributed by atoms with Gasteiger partial charge in [0.1, 0.15) is 0 Å². The molecule has 0 radical (unpaired) electrons. The van der Waals surface area contributed by atoms with Gasteiger partial charge in [0, 0.05) is 10.9 Å². The van der Waals surface area contributed by atoms with Crippen molar-refractivity contribution >= 4 is 12.6 Å². The first kappa shape index (κ1) is 9.36. The Balaban J connectivity index is 2.80. The number of benzene rings is 1. The fourth-order valence-corrected chi connectivity index (χ4v) is 1.31. The third-order valence-electron chi connectivity index (χ3n) is 1.72. The molecular weight excluding hydrogens is 166 g/mol. The molecule has 0 amide bonds. The number of nitrogens with two attached hydrogens (primary N) is 1. The second-order valence-electron chi connectivity index (χ2n) is 2.73. The molecule has 0 spiro atoms. The molecule has 1 rings (SSSR count). The molecule has 0 aromatic heterocycles. The van der Waals surface area contributed by atoms with Gasteiger partial charge in [0.25, 0.3) is 0 Å². The normalized spacial score (nSPS) is 12.5. The standard InChI is InChI=1S/C10H13NS/c1-2-4-10(11)8-5-3-6-9(12)7-8/h2-3,5-7,10,12H,1,4,11H2. The zero-order chi connectivity index (χ0) is 8.97. The highest BCUT2D eigenvalue weighted by Crippen LogP contribution is 2.17. The zero-order valence-corrected chi connectivity index (χ0v) is 7.80. The maximum absolute atomic E-state index is 5.87. The zero-order valence-electron chi connectivity index (χ0n) is 6.90. The van der Waals surface area contributed by atoms with Crippen LogP contribution >= 0.6 is 12.6 Å². The van der Waals surface area contributed by atoms with Crippen molar-refractivity contribution in [2.45, 2.75) is 17.4 Å².